The number of amides is 1. The minimum Gasteiger partial charge on any atom is -0.360 e. The van der Waals surface area contributed by atoms with E-state index in [0.717, 1.165) is 43.9 Å². The van der Waals surface area contributed by atoms with Gasteiger partial charge in [0.2, 0.25) is 0 Å². The van der Waals surface area contributed by atoms with Gasteiger partial charge in [0.25, 0.3) is 5.91 Å². The fraction of sp³-hybridized carbons (Fsp3) is 0.500. The molecule has 0 bridgehead atoms. The van der Waals surface area contributed by atoms with Gasteiger partial charge in [0, 0.05) is 43.9 Å². The van der Waals surface area contributed by atoms with Gasteiger partial charge in [-0.15, -0.1) is 0 Å². The number of hydrogen-bond donors (Lipinski definition) is 1. The summed E-state index contributed by atoms with van der Waals surface area (Å²) in [7, 11) is 0. The molecule has 2 aromatic rings. The van der Waals surface area contributed by atoms with Crippen LogP contribution in [0.5, 0.6) is 0 Å². The number of hydrogen-bond acceptors (Lipinski definition) is 5. The maximum atomic E-state index is 12.4. The molecule has 0 radical (unpaired) electrons. The average molecular weight is 326 g/mol. The molecule has 1 aliphatic heterocycles. The van der Waals surface area contributed by atoms with E-state index in [1.165, 1.54) is 0 Å². The molecule has 126 valence electrons. The van der Waals surface area contributed by atoms with E-state index >= 15 is 0 Å². The first-order valence-electron chi connectivity index (χ1n) is 8.59. The number of likely N-dealkylation sites (tertiary alicyclic amines) is 1. The second kappa shape index (κ2) is 6.36. The molecule has 0 unspecified atom stereocenters. The maximum absolute atomic E-state index is 12.4. The van der Waals surface area contributed by atoms with Crippen LogP contribution in [0.15, 0.2) is 35.0 Å². The highest BCUT2D eigenvalue weighted by molar-refractivity contribution is 5.92. The number of aromatic nitrogens is 2. The van der Waals surface area contributed by atoms with Gasteiger partial charge in [0.15, 0.2) is 5.69 Å². The molecule has 2 aliphatic rings. The summed E-state index contributed by atoms with van der Waals surface area (Å²) in [5.41, 5.74) is 1.45. The molecule has 4 rings (SSSR count). The molecule has 3 heterocycles. The van der Waals surface area contributed by atoms with Crippen LogP contribution in [0.4, 0.5) is 0 Å². The molecule has 1 aliphatic carbocycles. The summed E-state index contributed by atoms with van der Waals surface area (Å²) in [5, 5.41) is 7.03. The van der Waals surface area contributed by atoms with Crippen molar-refractivity contribution in [2.75, 3.05) is 13.1 Å². The van der Waals surface area contributed by atoms with Gasteiger partial charge < -0.3 is 9.84 Å². The molecule has 1 saturated carbocycles. The van der Waals surface area contributed by atoms with Gasteiger partial charge in [-0.25, -0.2) is 0 Å². The van der Waals surface area contributed by atoms with Crippen LogP contribution < -0.4 is 5.32 Å². The Balaban J connectivity index is 1.34. The second-order valence-corrected chi connectivity index (χ2v) is 6.96. The lowest BCUT2D eigenvalue weighted by atomic mass is 10.1. The summed E-state index contributed by atoms with van der Waals surface area (Å²) in [6, 6.07) is 7.88. The fourth-order valence-electron chi connectivity index (χ4n) is 3.30. The van der Waals surface area contributed by atoms with Crippen LogP contribution in [0.25, 0.3) is 0 Å². The van der Waals surface area contributed by atoms with Gasteiger partial charge >= 0.3 is 0 Å². The first-order chi connectivity index (χ1) is 11.7. The molecule has 6 heteroatoms. The second-order valence-electron chi connectivity index (χ2n) is 6.96. The van der Waals surface area contributed by atoms with Crippen molar-refractivity contribution in [2.45, 2.75) is 38.3 Å². The number of pyridine rings is 1. The summed E-state index contributed by atoms with van der Waals surface area (Å²) >= 11 is 0. The number of nitrogens with zero attached hydrogens (tertiary/aromatic N) is 3. The first kappa shape index (κ1) is 15.3. The predicted molar refractivity (Wildman–Crippen MR) is 88.4 cm³/mol. The molecule has 24 heavy (non-hydrogen) atoms. The van der Waals surface area contributed by atoms with Crippen molar-refractivity contribution in [3.63, 3.8) is 0 Å². The number of rotatable bonds is 5. The largest absolute Gasteiger partial charge is 0.360 e. The van der Waals surface area contributed by atoms with Crippen molar-refractivity contribution in [1.82, 2.24) is 20.4 Å². The van der Waals surface area contributed by atoms with E-state index in [2.05, 4.69) is 27.3 Å². The Kier molecular flexibility index (Phi) is 4.06. The summed E-state index contributed by atoms with van der Waals surface area (Å²) < 4.78 is 5.27. The number of carbonyl (C=O) groups excluding carboxylic acids is 1. The number of carbonyl (C=O) groups is 1. The number of nitrogens with one attached hydrogen (secondary N) is 1. The smallest absolute Gasteiger partial charge is 0.273 e. The quantitative estimate of drug-likeness (QED) is 0.912. The Morgan fingerprint density at radius 3 is 3.00 bits per heavy atom. The van der Waals surface area contributed by atoms with E-state index in [-0.39, 0.29) is 11.9 Å². The third-order valence-electron chi connectivity index (χ3n) is 4.86. The molecule has 2 atom stereocenters. The summed E-state index contributed by atoms with van der Waals surface area (Å²) in [5.74, 6) is 1.57. The Bertz CT molecular complexity index is 711. The summed E-state index contributed by atoms with van der Waals surface area (Å²) in [6.45, 7) is 4.76. The Morgan fingerprint density at radius 1 is 1.38 bits per heavy atom. The average Bonchev–Trinajstić information content (AvgIpc) is 3.21. The Morgan fingerprint density at radius 2 is 2.25 bits per heavy atom. The zero-order valence-corrected chi connectivity index (χ0v) is 13.8. The summed E-state index contributed by atoms with van der Waals surface area (Å²) in [6.07, 6.45) is 4.09. The van der Waals surface area contributed by atoms with Crippen LogP contribution in [-0.4, -0.2) is 40.1 Å². The van der Waals surface area contributed by atoms with Crippen LogP contribution in [0.3, 0.4) is 0 Å². The van der Waals surface area contributed by atoms with Crippen molar-refractivity contribution in [2.24, 2.45) is 5.92 Å². The zero-order valence-electron chi connectivity index (χ0n) is 13.8. The van der Waals surface area contributed by atoms with Gasteiger partial charge in [-0.1, -0.05) is 18.1 Å². The van der Waals surface area contributed by atoms with E-state index in [4.69, 9.17) is 4.52 Å². The molecular formula is C18H22N4O2. The van der Waals surface area contributed by atoms with Crippen LogP contribution >= 0.6 is 0 Å². The summed E-state index contributed by atoms with van der Waals surface area (Å²) in [4.78, 5) is 19.1. The van der Waals surface area contributed by atoms with E-state index in [1.807, 2.05) is 24.4 Å². The van der Waals surface area contributed by atoms with Crippen molar-refractivity contribution in [3.05, 3.63) is 47.6 Å². The van der Waals surface area contributed by atoms with Crippen LogP contribution in [0, 0.1) is 5.92 Å². The standard InChI is InChI=1S/C18H22N4O2/c1-12-9-22(10-14-4-2-3-7-19-14)11-16(12)20-18(23)15-8-17(24-21-15)13-5-6-13/h2-4,7-8,12-13,16H,5-6,9-11H2,1H3,(H,20,23)/t12-,16-/m1/s1. The Labute approximate surface area is 141 Å². The van der Waals surface area contributed by atoms with Crippen molar-refractivity contribution >= 4 is 5.91 Å². The van der Waals surface area contributed by atoms with Gasteiger partial charge in [-0.05, 0) is 30.9 Å². The van der Waals surface area contributed by atoms with Crippen molar-refractivity contribution in [3.8, 4) is 0 Å². The molecule has 1 amide bonds. The third kappa shape index (κ3) is 3.33. The lowest BCUT2D eigenvalue weighted by Gasteiger charge is -2.16. The minimum absolute atomic E-state index is 0.127. The highest BCUT2D eigenvalue weighted by Crippen LogP contribution is 2.40. The predicted octanol–water partition coefficient (Wildman–Crippen LogP) is 2.20. The van der Waals surface area contributed by atoms with Crippen LogP contribution in [-0.2, 0) is 6.54 Å². The highest BCUT2D eigenvalue weighted by atomic mass is 16.5. The van der Waals surface area contributed by atoms with Crippen LogP contribution in [0.1, 0.15) is 47.6 Å². The molecular weight excluding hydrogens is 304 g/mol. The lowest BCUT2D eigenvalue weighted by Crippen LogP contribution is -2.40. The van der Waals surface area contributed by atoms with Gasteiger partial charge in [-0.2, -0.15) is 0 Å². The van der Waals surface area contributed by atoms with Gasteiger partial charge in [0.1, 0.15) is 5.76 Å². The molecule has 0 spiro atoms. The zero-order chi connectivity index (χ0) is 16.5. The normalized spacial score (nSPS) is 24.2. The minimum atomic E-state index is -0.137. The van der Waals surface area contributed by atoms with Gasteiger partial charge in [0.05, 0.1) is 5.69 Å². The van der Waals surface area contributed by atoms with E-state index in [0.29, 0.717) is 17.5 Å². The molecule has 2 fully saturated rings. The van der Waals surface area contributed by atoms with Crippen molar-refractivity contribution < 1.29 is 9.32 Å². The molecule has 1 N–H and O–H groups in total. The lowest BCUT2D eigenvalue weighted by molar-refractivity contribution is 0.0922. The SMILES string of the molecule is C[C@@H]1CN(Cc2ccccn2)C[C@H]1NC(=O)c1cc(C2CC2)on1. The topological polar surface area (TPSA) is 71.3 Å². The Hall–Kier alpha value is -2.21. The molecule has 2 aromatic heterocycles. The van der Waals surface area contributed by atoms with E-state index in [1.54, 1.807) is 6.07 Å². The van der Waals surface area contributed by atoms with Crippen molar-refractivity contribution in [1.29, 1.82) is 0 Å². The molecule has 0 aromatic carbocycles. The van der Waals surface area contributed by atoms with Gasteiger partial charge in [-0.3, -0.25) is 14.7 Å². The third-order valence-corrected chi connectivity index (χ3v) is 4.86. The first-order valence-corrected chi connectivity index (χ1v) is 8.59. The van der Waals surface area contributed by atoms with E-state index in [9.17, 15) is 4.79 Å². The molecule has 1 saturated heterocycles. The van der Waals surface area contributed by atoms with E-state index < -0.39 is 0 Å². The fourth-order valence-corrected chi connectivity index (χ4v) is 3.30. The monoisotopic (exact) mass is 326 g/mol. The molecule has 6 nitrogen and oxygen atoms in total. The highest BCUT2D eigenvalue weighted by Gasteiger charge is 2.33. The maximum Gasteiger partial charge on any atom is 0.273 e. The van der Waals surface area contributed by atoms with Crippen LogP contribution in [0.2, 0.25) is 0 Å².